The SMILES string of the molecule is CCCN(CCC)C(=CC(C)(CC)OP(N)(O)=S)OCC. The van der Waals surface area contributed by atoms with Crippen molar-refractivity contribution >= 4 is 18.4 Å². The molecular weight excluding hydrogens is 307 g/mol. The first-order valence-electron chi connectivity index (χ1n) is 7.64. The molecule has 0 fully saturated rings. The second kappa shape index (κ2) is 9.80. The summed E-state index contributed by atoms with van der Waals surface area (Å²) in [5.41, 5.74) is 4.78. The van der Waals surface area contributed by atoms with Gasteiger partial charge in [-0.15, -0.1) is 0 Å². The van der Waals surface area contributed by atoms with Gasteiger partial charge >= 0.3 is 0 Å². The molecule has 2 unspecified atom stereocenters. The number of hydrogen-bond acceptors (Lipinski definition) is 4. The maximum atomic E-state index is 9.67. The molecule has 5 nitrogen and oxygen atoms in total. The maximum Gasteiger partial charge on any atom is 0.256 e. The molecule has 2 atom stereocenters. The van der Waals surface area contributed by atoms with Crippen LogP contribution >= 0.6 is 6.64 Å². The van der Waals surface area contributed by atoms with Crippen molar-refractivity contribution in [2.75, 3.05) is 19.7 Å². The molecule has 0 aliphatic heterocycles. The predicted octanol–water partition coefficient (Wildman–Crippen LogP) is 3.35. The van der Waals surface area contributed by atoms with E-state index in [0.717, 1.165) is 31.8 Å². The van der Waals surface area contributed by atoms with Gasteiger partial charge in [-0.05, 0) is 44.9 Å². The van der Waals surface area contributed by atoms with Crippen LogP contribution in [0.15, 0.2) is 12.0 Å². The molecule has 0 spiro atoms. The molecule has 0 radical (unpaired) electrons. The number of nitrogens with two attached hydrogens (primary N) is 1. The molecule has 0 aliphatic carbocycles. The highest BCUT2D eigenvalue weighted by Crippen LogP contribution is 2.40. The molecule has 0 bridgehead atoms. The molecule has 0 saturated heterocycles. The fourth-order valence-corrected chi connectivity index (χ4v) is 3.29. The minimum Gasteiger partial charge on any atom is -0.480 e. The van der Waals surface area contributed by atoms with Crippen LogP contribution in [0.25, 0.3) is 0 Å². The number of nitrogens with zero attached hydrogens (tertiary/aromatic N) is 1. The van der Waals surface area contributed by atoms with Crippen LogP contribution in [0.4, 0.5) is 0 Å². The first-order valence-corrected chi connectivity index (χ1v) is 10.4. The Labute approximate surface area is 134 Å². The van der Waals surface area contributed by atoms with Crippen LogP contribution < -0.4 is 5.50 Å². The zero-order chi connectivity index (χ0) is 16.5. The first-order chi connectivity index (χ1) is 9.71. The maximum absolute atomic E-state index is 9.67. The standard InChI is InChI=1S/C14H31N2O3PS/c1-6-10-16(11-7-2)13(18-9-4)12-14(5,8-3)19-20(15,17)21/h12H,6-11H2,1-5H3,(H3,15,17,21). The summed E-state index contributed by atoms with van der Waals surface area (Å²) >= 11 is 4.82. The lowest BCUT2D eigenvalue weighted by atomic mass is 10.0. The van der Waals surface area contributed by atoms with Crippen LogP contribution in [-0.2, 0) is 21.1 Å². The average molecular weight is 338 g/mol. The Morgan fingerprint density at radius 1 is 1.29 bits per heavy atom. The van der Waals surface area contributed by atoms with Crippen molar-refractivity contribution < 1.29 is 14.2 Å². The van der Waals surface area contributed by atoms with Crippen molar-refractivity contribution in [1.29, 1.82) is 0 Å². The minimum atomic E-state index is -3.23. The summed E-state index contributed by atoms with van der Waals surface area (Å²) in [4.78, 5) is 11.9. The van der Waals surface area contributed by atoms with E-state index in [0.29, 0.717) is 13.0 Å². The van der Waals surface area contributed by atoms with Crippen molar-refractivity contribution in [3.05, 3.63) is 12.0 Å². The highest BCUT2D eigenvalue weighted by Gasteiger charge is 2.28. The zero-order valence-electron chi connectivity index (χ0n) is 14.0. The van der Waals surface area contributed by atoms with Gasteiger partial charge in [0.15, 0.2) is 5.88 Å². The summed E-state index contributed by atoms with van der Waals surface area (Å²) in [5, 5.41) is 0. The minimum absolute atomic E-state index is 0.575. The fraction of sp³-hybridized carbons (Fsp3) is 0.857. The molecule has 0 aromatic heterocycles. The van der Waals surface area contributed by atoms with Crippen LogP contribution in [0, 0.1) is 0 Å². The first kappa shape index (κ1) is 20.9. The van der Waals surface area contributed by atoms with Crippen LogP contribution in [0.3, 0.4) is 0 Å². The Morgan fingerprint density at radius 3 is 2.14 bits per heavy atom. The quantitative estimate of drug-likeness (QED) is 0.445. The molecule has 21 heavy (non-hydrogen) atoms. The number of rotatable bonds is 11. The van der Waals surface area contributed by atoms with Crippen LogP contribution in [0.2, 0.25) is 0 Å². The van der Waals surface area contributed by atoms with E-state index in [9.17, 15) is 4.89 Å². The predicted molar refractivity (Wildman–Crippen MR) is 92.3 cm³/mol. The second-order valence-corrected chi connectivity index (χ2v) is 8.10. The van der Waals surface area contributed by atoms with E-state index in [4.69, 9.17) is 26.6 Å². The molecule has 0 aliphatic rings. The average Bonchev–Trinajstić information content (AvgIpc) is 2.36. The van der Waals surface area contributed by atoms with E-state index in [-0.39, 0.29) is 0 Å². The lowest BCUT2D eigenvalue weighted by Crippen LogP contribution is -2.32. The highest BCUT2D eigenvalue weighted by molar-refractivity contribution is 8.08. The Bertz CT molecular complexity index is 367. The smallest absolute Gasteiger partial charge is 0.256 e. The van der Waals surface area contributed by atoms with E-state index >= 15 is 0 Å². The Morgan fingerprint density at radius 2 is 1.81 bits per heavy atom. The zero-order valence-corrected chi connectivity index (χ0v) is 15.7. The Balaban J connectivity index is 5.40. The van der Waals surface area contributed by atoms with E-state index < -0.39 is 12.2 Å². The van der Waals surface area contributed by atoms with Gasteiger partial charge in [0.2, 0.25) is 0 Å². The molecule has 0 heterocycles. The molecule has 7 heteroatoms. The third-order valence-corrected chi connectivity index (χ3v) is 3.96. The van der Waals surface area contributed by atoms with E-state index in [1.165, 1.54) is 0 Å². The summed E-state index contributed by atoms with van der Waals surface area (Å²) in [6.45, 7) is 9.23. The summed E-state index contributed by atoms with van der Waals surface area (Å²) in [5.74, 6) is 0.772. The second-order valence-electron chi connectivity index (χ2n) is 5.22. The summed E-state index contributed by atoms with van der Waals surface area (Å²) < 4.78 is 11.3. The molecule has 0 aromatic carbocycles. The van der Waals surface area contributed by atoms with Gasteiger partial charge < -0.3 is 19.1 Å². The highest BCUT2D eigenvalue weighted by atomic mass is 32.5. The lowest BCUT2D eigenvalue weighted by molar-refractivity contribution is 0.0914. The molecule has 126 valence electrons. The lowest BCUT2D eigenvalue weighted by Gasteiger charge is -2.32. The number of hydrogen-bond donors (Lipinski definition) is 2. The van der Waals surface area contributed by atoms with E-state index in [2.05, 4.69) is 18.7 Å². The van der Waals surface area contributed by atoms with Gasteiger partial charge in [-0.25, -0.2) is 0 Å². The van der Waals surface area contributed by atoms with Gasteiger partial charge in [0.1, 0.15) is 0 Å². The van der Waals surface area contributed by atoms with Crippen LogP contribution in [0.5, 0.6) is 0 Å². The van der Waals surface area contributed by atoms with Crippen molar-refractivity contribution in [3.63, 3.8) is 0 Å². The Hall–Kier alpha value is -0.130. The van der Waals surface area contributed by atoms with Gasteiger partial charge in [-0.3, -0.25) is 5.50 Å². The third-order valence-electron chi connectivity index (χ3n) is 3.06. The fourth-order valence-electron chi connectivity index (χ4n) is 2.00. The van der Waals surface area contributed by atoms with Gasteiger partial charge in [-0.1, -0.05) is 20.8 Å². The van der Waals surface area contributed by atoms with Crippen LogP contribution in [0.1, 0.15) is 53.9 Å². The van der Waals surface area contributed by atoms with Crippen molar-refractivity contribution in [2.45, 2.75) is 59.5 Å². The summed E-state index contributed by atoms with van der Waals surface area (Å²) in [6.07, 6.45) is 4.60. The normalized spacial score (nSPS) is 18.0. The molecule has 0 aromatic rings. The topological polar surface area (TPSA) is 68.0 Å². The molecule has 0 saturated carbocycles. The van der Waals surface area contributed by atoms with Gasteiger partial charge in [0.05, 0.1) is 12.2 Å². The molecule has 0 rings (SSSR count). The van der Waals surface area contributed by atoms with Crippen molar-refractivity contribution in [2.24, 2.45) is 5.50 Å². The van der Waals surface area contributed by atoms with Crippen molar-refractivity contribution in [1.82, 2.24) is 4.90 Å². The van der Waals surface area contributed by atoms with Gasteiger partial charge in [0, 0.05) is 19.2 Å². The third kappa shape index (κ3) is 8.79. The Kier molecular flexibility index (Phi) is 9.74. The summed E-state index contributed by atoms with van der Waals surface area (Å²) in [6, 6.07) is 0. The van der Waals surface area contributed by atoms with E-state index in [1.807, 2.05) is 26.8 Å². The summed E-state index contributed by atoms with van der Waals surface area (Å²) in [7, 11) is 0. The van der Waals surface area contributed by atoms with E-state index in [1.54, 1.807) is 0 Å². The monoisotopic (exact) mass is 338 g/mol. The van der Waals surface area contributed by atoms with Crippen LogP contribution in [-0.4, -0.2) is 35.1 Å². The van der Waals surface area contributed by atoms with Crippen molar-refractivity contribution in [3.8, 4) is 0 Å². The number of ether oxygens (including phenoxy) is 1. The molecule has 0 amide bonds. The molecule has 3 N–H and O–H groups in total. The van der Waals surface area contributed by atoms with Gasteiger partial charge in [-0.2, -0.15) is 0 Å². The largest absolute Gasteiger partial charge is 0.480 e. The molecular formula is C14H31N2O3PS. The van der Waals surface area contributed by atoms with Gasteiger partial charge in [0.25, 0.3) is 6.64 Å².